The molecular weight excluding hydrogens is 222 g/mol. The van der Waals surface area contributed by atoms with Crippen molar-refractivity contribution in [1.82, 2.24) is 4.98 Å². The highest BCUT2D eigenvalue weighted by Gasteiger charge is 2.24. The number of anilines is 3. The number of fused-ring (bicyclic) bond motifs is 1. The van der Waals surface area contributed by atoms with Gasteiger partial charge >= 0.3 is 0 Å². The summed E-state index contributed by atoms with van der Waals surface area (Å²) in [5.41, 5.74) is 8.44. The second-order valence-electron chi connectivity index (χ2n) is 4.81. The van der Waals surface area contributed by atoms with E-state index in [0.717, 1.165) is 18.7 Å². The molecule has 1 atom stereocenters. The monoisotopic (exact) mass is 239 g/mol. The lowest BCUT2D eigenvalue weighted by molar-refractivity contribution is 0.614. The van der Waals surface area contributed by atoms with Crippen LogP contribution in [0.4, 0.5) is 17.3 Å². The van der Waals surface area contributed by atoms with Gasteiger partial charge in [0.15, 0.2) is 0 Å². The number of pyridine rings is 1. The lowest BCUT2D eigenvalue weighted by Crippen LogP contribution is -2.33. The Morgan fingerprint density at radius 3 is 2.83 bits per heavy atom. The minimum Gasteiger partial charge on any atom is -0.384 e. The second kappa shape index (κ2) is 4.33. The molecule has 3 heteroatoms. The van der Waals surface area contributed by atoms with Gasteiger partial charge in [0, 0.05) is 11.7 Å². The van der Waals surface area contributed by atoms with Gasteiger partial charge in [-0.05, 0) is 43.5 Å². The molecule has 0 saturated heterocycles. The molecule has 0 aliphatic carbocycles. The first-order valence-corrected chi connectivity index (χ1v) is 6.35. The smallest absolute Gasteiger partial charge is 0.135 e. The van der Waals surface area contributed by atoms with Crippen LogP contribution in [-0.4, -0.2) is 11.0 Å². The van der Waals surface area contributed by atoms with Gasteiger partial charge < -0.3 is 10.6 Å². The van der Waals surface area contributed by atoms with Gasteiger partial charge in [0.25, 0.3) is 0 Å². The second-order valence-corrected chi connectivity index (χ2v) is 4.81. The van der Waals surface area contributed by atoms with E-state index in [0.29, 0.717) is 11.9 Å². The van der Waals surface area contributed by atoms with Crippen molar-refractivity contribution in [1.29, 1.82) is 0 Å². The van der Waals surface area contributed by atoms with Crippen LogP contribution in [0.25, 0.3) is 0 Å². The summed E-state index contributed by atoms with van der Waals surface area (Å²) in [6.45, 7) is 2.24. The molecule has 0 saturated carbocycles. The topological polar surface area (TPSA) is 42.1 Å². The molecule has 1 aliphatic heterocycles. The molecule has 0 amide bonds. The van der Waals surface area contributed by atoms with Crippen LogP contribution in [-0.2, 0) is 6.42 Å². The molecule has 3 rings (SSSR count). The van der Waals surface area contributed by atoms with Gasteiger partial charge in [-0.1, -0.05) is 24.3 Å². The number of nitrogen functional groups attached to an aromatic ring is 1. The molecule has 3 nitrogen and oxygen atoms in total. The molecular formula is C15H17N3. The van der Waals surface area contributed by atoms with Crippen molar-refractivity contribution in [3.05, 3.63) is 48.0 Å². The van der Waals surface area contributed by atoms with E-state index >= 15 is 0 Å². The summed E-state index contributed by atoms with van der Waals surface area (Å²) in [5, 5.41) is 0. The van der Waals surface area contributed by atoms with E-state index in [1.165, 1.54) is 11.3 Å². The number of rotatable bonds is 1. The third kappa shape index (κ3) is 1.82. The SMILES string of the molecule is CC1CCc2ccccc2N1c1cccc(N)n1. The number of aryl methyl sites for hydroxylation is 1. The van der Waals surface area contributed by atoms with Crippen molar-refractivity contribution < 1.29 is 0 Å². The largest absolute Gasteiger partial charge is 0.384 e. The zero-order valence-corrected chi connectivity index (χ0v) is 10.5. The van der Waals surface area contributed by atoms with Crippen LogP contribution in [0.1, 0.15) is 18.9 Å². The fourth-order valence-corrected chi connectivity index (χ4v) is 2.61. The van der Waals surface area contributed by atoms with Crippen molar-refractivity contribution >= 4 is 17.3 Å². The number of hydrogen-bond acceptors (Lipinski definition) is 3. The third-order valence-electron chi connectivity index (χ3n) is 3.53. The first-order chi connectivity index (χ1) is 8.75. The van der Waals surface area contributed by atoms with Gasteiger partial charge in [-0.3, -0.25) is 0 Å². The number of nitrogens with two attached hydrogens (primary N) is 1. The van der Waals surface area contributed by atoms with E-state index in [1.54, 1.807) is 0 Å². The first-order valence-electron chi connectivity index (χ1n) is 6.35. The van der Waals surface area contributed by atoms with Gasteiger partial charge in [0.1, 0.15) is 11.6 Å². The number of aromatic nitrogens is 1. The number of nitrogens with zero attached hydrogens (tertiary/aromatic N) is 2. The van der Waals surface area contributed by atoms with Gasteiger partial charge in [-0.25, -0.2) is 4.98 Å². The number of hydrogen-bond donors (Lipinski definition) is 1. The van der Waals surface area contributed by atoms with E-state index in [9.17, 15) is 0 Å². The van der Waals surface area contributed by atoms with Crippen LogP contribution < -0.4 is 10.6 Å². The summed E-state index contributed by atoms with van der Waals surface area (Å²) in [7, 11) is 0. The van der Waals surface area contributed by atoms with Crippen LogP contribution in [0.15, 0.2) is 42.5 Å². The predicted molar refractivity (Wildman–Crippen MR) is 75.0 cm³/mol. The molecule has 0 radical (unpaired) electrons. The summed E-state index contributed by atoms with van der Waals surface area (Å²) >= 11 is 0. The Balaban J connectivity index is 2.10. The minimum absolute atomic E-state index is 0.453. The highest BCUT2D eigenvalue weighted by Crippen LogP contribution is 2.35. The summed E-state index contributed by atoms with van der Waals surface area (Å²) in [5.74, 6) is 1.51. The highest BCUT2D eigenvalue weighted by molar-refractivity contribution is 5.67. The molecule has 2 heterocycles. The van der Waals surface area contributed by atoms with E-state index in [1.807, 2.05) is 18.2 Å². The highest BCUT2D eigenvalue weighted by atomic mass is 15.2. The molecule has 2 N–H and O–H groups in total. The molecule has 1 aliphatic rings. The van der Waals surface area contributed by atoms with Crippen LogP contribution in [0, 0.1) is 0 Å². The molecule has 92 valence electrons. The lowest BCUT2D eigenvalue weighted by Gasteiger charge is -2.36. The average Bonchev–Trinajstić information content (AvgIpc) is 2.38. The van der Waals surface area contributed by atoms with Crippen molar-refractivity contribution in [2.24, 2.45) is 0 Å². The number of benzene rings is 1. The Morgan fingerprint density at radius 1 is 1.17 bits per heavy atom. The summed E-state index contributed by atoms with van der Waals surface area (Å²) in [6.07, 6.45) is 2.28. The molecule has 1 aromatic carbocycles. The van der Waals surface area contributed by atoms with Crippen molar-refractivity contribution in [3.8, 4) is 0 Å². The van der Waals surface area contributed by atoms with E-state index < -0.39 is 0 Å². The molecule has 2 aromatic rings. The van der Waals surface area contributed by atoms with Crippen molar-refractivity contribution in [2.75, 3.05) is 10.6 Å². The molecule has 1 aromatic heterocycles. The molecule has 1 unspecified atom stereocenters. The minimum atomic E-state index is 0.453. The normalized spacial score (nSPS) is 18.5. The predicted octanol–water partition coefficient (Wildman–Crippen LogP) is 3.14. The van der Waals surface area contributed by atoms with Crippen molar-refractivity contribution in [2.45, 2.75) is 25.8 Å². The Hall–Kier alpha value is -2.03. The fourth-order valence-electron chi connectivity index (χ4n) is 2.61. The third-order valence-corrected chi connectivity index (χ3v) is 3.53. The Bertz CT molecular complexity index is 565. The summed E-state index contributed by atoms with van der Waals surface area (Å²) in [4.78, 5) is 6.74. The van der Waals surface area contributed by atoms with E-state index in [2.05, 4.69) is 41.1 Å². The summed E-state index contributed by atoms with van der Waals surface area (Å²) < 4.78 is 0. The van der Waals surface area contributed by atoms with Crippen LogP contribution in [0.3, 0.4) is 0 Å². The maximum absolute atomic E-state index is 5.79. The average molecular weight is 239 g/mol. The van der Waals surface area contributed by atoms with E-state index in [-0.39, 0.29) is 0 Å². The van der Waals surface area contributed by atoms with Gasteiger partial charge in [0.2, 0.25) is 0 Å². The first kappa shape index (κ1) is 11.1. The maximum atomic E-state index is 5.79. The fraction of sp³-hybridized carbons (Fsp3) is 0.267. The molecule has 18 heavy (non-hydrogen) atoms. The Kier molecular flexibility index (Phi) is 2.67. The zero-order chi connectivity index (χ0) is 12.5. The van der Waals surface area contributed by atoms with Crippen LogP contribution >= 0.6 is 0 Å². The molecule has 0 bridgehead atoms. The molecule has 0 spiro atoms. The molecule has 0 fully saturated rings. The van der Waals surface area contributed by atoms with Gasteiger partial charge in [-0.15, -0.1) is 0 Å². The van der Waals surface area contributed by atoms with Gasteiger partial charge in [-0.2, -0.15) is 0 Å². The standard InChI is InChI=1S/C15H17N3/c1-11-9-10-12-5-2-3-6-13(12)18(11)15-8-4-7-14(16)17-15/h2-8,11H,9-10H2,1H3,(H2,16,17). The quantitative estimate of drug-likeness (QED) is 0.831. The van der Waals surface area contributed by atoms with Crippen molar-refractivity contribution in [3.63, 3.8) is 0 Å². The Morgan fingerprint density at radius 2 is 2.00 bits per heavy atom. The van der Waals surface area contributed by atoms with Crippen LogP contribution in [0.5, 0.6) is 0 Å². The Labute approximate surface area is 107 Å². The lowest BCUT2D eigenvalue weighted by atomic mass is 9.96. The van der Waals surface area contributed by atoms with Crippen LogP contribution in [0.2, 0.25) is 0 Å². The number of para-hydroxylation sites is 1. The maximum Gasteiger partial charge on any atom is 0.135 e. The van der Waals surface area contributed by atoms with Gasteiger partial charge in [0.05, 0.1) is 0 Å². The summed E-state index contributed by atoms with van der Waals surface area (Å²) in [6, 6.07) is 14.8. The van der Waals surface area contributed by atoms with E-state index in [4.69, 9.17) is 5.73 Å². The zero-order valence-electron chi connectivity index (χ0n) is 10.5.